The average Bonchev–Trinajstić information content (AvgIpc) is 2.23. The molecule has 1 heterocycles. The summed E-state index contributed by atoms with van der Waals surface area (Å²) >= 11 is 5.99. The first-order valence-electron chi connectivity index (χ1n) is 6.15. The van der Waals surface area contributed by atoms with Crippen LogP contribution >= 0.6 is 11.6 Å². The molecule has 3 heteroatoms. The highest BCUT2D eigenvalue weighted by molar-refractivity contribution is 6.30. The maximum atomic E-state index is 10.1. The van der Waals surface area contributed by atoms with Crippen molar-refractivity contribution < 1.29 is 5.11 Å². The summed E-state index contributed by atoms with van der Waals surface area (Å²) in [5.74, 6) is 0. The van der Waals surface area contributed by atoms with Gasteiger partial charge in [0.25, 0.3) is 0 Å². The molecule has 0 bridgehead atoms. The Kier molecular flexibility index (Phi) is 3.37. The first-order valence-corrected chi connectivity index (χ1v) is 6.52. The number of nitrogens with zero attached hydrogens (tertiary/aromatic N) is 1. The summed E-state index contributed by atoms with van der Waals surface area (Å²) in [5, 5.41) is 10.9. The van der Waals surface area contributed by atoms with Crippen molar-refractivity contribution in [2.45, 2.75) is 45.3 Å². The maximum absolute atomic E-state index is 10.1. The molecular weight excluding hydrogens is 234 g/mol. The summed E-state index contributed by atoms with van der Waals surface area (Å²) in [4.78, 5) is 2.30. The molecule has 1 aromatic rings. The fourth-order valence-electron chi connectivity index (χ4n) is 2.62. The number of aliphatic hydroxyl groups is 1. The molecule has 0 spiro atoms. The van der Waals surface area contributed by atoms with Crippen LogP contribution in [0.3, 0.4) is 0 Å². The van der Waals surface area contributed by atoms with E-state index in [1.807, 2.05) is 12.1 Å². The van der Waals surface area contributed by atoms with Crippen LogP contribution in [0.4, 0.5) is 5.69 Å². The molecule has 1 fully saturated rings. The van der Waals surface area contributed by atoms with E-state index in [2.05, 4.69) is 31.7 Å². The van der Waals surface area contributed by atoms with Gasteiger partial charge in [-0.2, -0.15) is 0 Å². The first-order chi connectivity index (χ1) is 7.93. The van der Waals surface area contributed by atoms with E-state index in [0.717, 1.165) is 24.4 Å². The summed E-state index contributed by atoms with van der Waals surface area (Å²) in [6.07, 6.45) is 1.65. The van der Waals surface area contributed by atoms with Crippen LogP contribution in [0.2, 0.25) is 5.02 Å². The van der Waals surface area contributed by atoms with Gasteiger partial charge in [0.1, 0.15) is 0 Å². The van der Waals surface area contributed by atoms with Gasteiger partial charge in [0.2, 0.25) is 0 Å². The van der Waals surface area contributed by atoms with E-state index in [1.165, 1.54) is 11.3 Å². The Hall–Kier alpha value is -0.730. The number of anilines is 1. The van der Waals surface area contributed by atoms with E-state index in [-0.39, 0.29) is 11.6 Å². The Morgan fingerprint density at radius 2 is 2.12 bits per heavy atom. The quantitative estimate of drug-likeness (QED) is 0.829. The minimum Gasteiger partial charge on any atom is -0.391 e. The van der Waals surface area contributed by atoms with Crippen LogP contribution in [0, 0.1) is 6.92 Å². The minimum atomic E-state index is -0.272. The predicted molar refractivity (Wildman–Crippen MR) is 72.9 cm³/mol. The summed E-state index contributed by atoms with van der Waals surface area (Å²) in [7, 11) is 0. The zero-order valence-electron chi connectivity index (χ0n) is 10.7. The highest BCUT2D eigenvalue weighted by atomic mass is 35.5. The van der Waals surface area contributed by atoms with Gasteiger partial charge in [0.15, 0.2) is 0 Å². The lowest BCUT2D eigenvalue weighted by Crippen LogP contribution is -2.56. The van der Waals surface area contributed by atoms with Crippen molar-refractivity contribution in [3.63, 3.8) is 0 Å². The Balaban J connectivity index is 2.38. The van der Waals surface area contributed by atoms with Crippen molar-refractivity contribution in [1.29, 1.82) is 0 Å². The zero-order chi connectivity index (χ0) is 12.6. The van der Waals surface area contributed by atoms with Crippen molar-refractivity contribution in [3.8, 4) is 0 Å². The smallest absolute Gasteiger partial charge is 0.0767 e. The van der Waals surface area contributed by atoms with Crippen LogP contribution in [0.1, 0.15) is 32.3 Å². The van der Waals surface area contributed by atoms with E-state index in [9.17, 15) is 5.11 Å². The van der Waals surface area contributed by atoms with E-state index >= 15 is 0 Å². The topological polar surface area (TPSA) is 23.5 Å². The van der Waals surface area contributed by atoms with Crippen molar-refractivity contribution >= 4 is 17.3 Å². The van der Waals surface area contributed by atoms with Crippen LogP contribution in [0.15, 0.2) is 18.2 Å². The largest absolute Gasteiger partial charge is 0.391 e. The third kappa shape index (κ3) is 2.29. The molecule has 1 atom stereocenters. The lowest BCUT2D eigenvalue weighted by atomic mass is 9.86. The molecule has 1 aliphatic heterocycles. The lowest BCUT2D eigenvalue weighted by molar-refractivity contribution is 0.0711. The zero-order valence-corrected chi connectivity index (χ0v) is 11.5. The molecule has 17 heavy (non-hydrogen) atoms. The van der Waals surface area contributed by atoms with Crippen LogP contribution in [-0.2, 0) is 0 Å². The molecule has 1 aliphatic rings. The molecule has 2 nitrogen and oxygen atoms in total. The normalized spacial score (nSPS) is 23.8. The van der Waals surface area contributed by atoms with Crippen molar-refractivity contribution in [2.24, 2.45) is 0 Å². The molecule has 2 rings (SSSR count). The fraction of sp³-hybridized carbons (Fsp3) is 0.571. The van der Waals surface area contributed by atoms with Crippen molar-refractivity contribution in [2.75, 3.05) is 11.4 Å². The van der Waals surface area contributed by atoms with Crippen molar-refractivity contribution in [3.05, 3.63) is 28.8 Å². The summed E-state index contributed by atoms with van der Waals surface area (Å²) in [5.41, 5.74) is 2.13. The number of benzene rings is 1. The maximum Gasteiger partial charge on any atom is 0.0767 e. The molecule has 1 saturated heterocycles. The number of rotatable bonds is 1. The number of aliphatic hydroxyl groups excluding tert-OH is 1. The van der Waals surface area contributed by atoms with Gasteiger partial charge >= 0.3 is 0 Å². The molecule has 0 aromatic heterocycles. The van der Waals surface area contributed by atoms with Crippen LogP contribution in [0.5, 0.6) is 0 Å². The van der Waals surface area contributed by atoms with E-state index in [0.29, 0.717) is 0 Å². The predicted octanol–water partition coefficient (Wildman–Crippen LogP) is 3.39. The highest BCUT2D eigenvalue weighted by Crippen LogP contribution is 2.35. The van der Waals surface area contributed by atoms with E-state index in [1.54, 1.807) is 0 Å². The summed E-state index contributed by atoms with van der Waals surface area (Å²) < 4.78 is 0. The third-order valence-electron chi connectivity index (χ3n) is 3.82. The Bertz CT molecular complexity index is 417. The molecule has 0 radical (unpaired) electrons. The molecule has 0 saturated carbocycles. The minimum absolute atomic E-state index is 0.211. The lowest BCUT2D eigenvalue weighted by Gasteiger charge is -2.48. The Morgan fingerprint density at radius 1 is 1.41 bits per heavy atom. The second kappa shape index (κ2) is 4.51. The van der Waals surface area contributed by atoms with Crippen LogP contribution < -0.4 is 4.90 Å². The van der Waals surface area contributed by atoms with Gasteiger partial charge < -0.3 is 10.0 Å². The van der Waals surface area contributed by atoms with Crippen molar-refractivity contribution in [1.82, 2.24) is 0 Å². The molecule has 0 amide bonds. The van der Waals surface area contributed by atoms with Gasteiger partial charge in [-0.05, 0) is 57.4 Å². The van der Waals surface area contributed by atoms with E-state index in [4.69, 9.17) is 11.6 Å². The van der Waals surface area contributed by atoms with Gasteiger partial charge in [-0.25, -0.2) is 0 Å². The average molecular weight is 254 g/mol. The van der Waals surface area contributed by atoms with Crippen LogP contribution in [-0.4, -0.2) is 23.3 Å². The molecule has 1 unspecified atom stereocenters. The number of piperidine rings is 1. The fourth-order valence-corrected chi connectivity index (χ4v) is 2.84. The number of aryl methyl sites for hydroxylation is 1. The SMILES string of the molecule is Cc1cc(Cl)ccc1N1CCCC(O)C1(C)C. The number of hydrogen-bond acceptors (Lipinski definition) is 2. The summed E-state index contributed by atoms with van der Waals surface area (Å²) in [6.45, 7) is 7.26. The highest BCUT2D eigenvalue weighted by Gasteiger charge is 2.37. The van der Waals surface area contributed by atoms with Crippen LogP contribution in [0.25, 0.3) is 0 Å². The van der Waals surface area contributed by atoms with Gasteiger partial charge in [-0.15, -0.1) is 0 Å². The van der Waals surface area contributed by atoms with Gasteiger partial charge in [-0.3, -0.25) is 0 Å². The number of hydrogen-bond donors (Lipinski definition) is 1. The Labute approximate surface area is 108 Å². The standard InChI is InChI=1S/C14H20ClNO/c1-10-9-11(15)6-7-12(10)16-8-4-5-13(17)14(16,2)3/h6-7,9,13,17H,4-5,8H2,1-3H3. The second-order valence-corrected chi connectivity index (χ2v) is 5.83. The molecule has 1 N–H and O–H groups in total. The second-order valence-electron chi connectivity index (χ2n) is 5.39. The van der Waals surface area contributed by atoms with Gasteiger partial charge in [-0.1, -0.05) is 11.6 Å². The first kappa shape index (κ1) is 12.7. The molecule has 0 aliphatic carbocycles. The molecular formula is C14H20ClNO. The molecule has 94 valence electrons. The monoisotopic (exact) mass is 253 g/mol. The van der Waals surface area contributed by atoms with Gasteiger partial charge in [0, 0.05) is 17.3 Å². The third-order valence-corrected chi connectivity index (χ3v) is 4.06. The van der Waals surface area contributed by atoms with E-state index < -0.39 is 0 Å². The van der Waals surface area contributed by atoms with Gasteiger partial charge in [0.05, 0.1) is 11.6 Å². The molecule has 1 aromatic carbocycles. The Morgan fingerprint density at radius 3 is 2.76 bits per heavy atom. The summed E-state index contributed by atoms with van der Waals surface area (Å²) in [6, 6.07) is 5.95. The number of halogens is 1.